The average molecular weight is 432 g/mol. The van der Waals surface area contributed by atoms with Crippen molar-refractivity contribution in [3.8, 4) is 33.9 Å². The van der Waals surface area contributed by atoms with E-state index in [2.05, 4.69) is 49.4 Å². The highest BCUT2D eigenvalue weighted by Crippen LogP contribution is 2.33. The number of aromatic nitrogens is 6. The maximum atomic E-state index is 4.95. The fourth-order valence-electron chi connectivity index (χ4n) is 4.09. The van der Waals surface area contributed by atoms with Crippen LogP contribution in [0.3, 0.4) is 0 Å². The quantitative estimate of drug-likeness (QED) is 0.396. The fraction of sp³-hybridized carbons (Fsp3) is 0.0769. The zero-order chi connectivity index (χ0) is 22.4. The maximum Gasteiger partial charge on any atom is 0.135 e. The maximum absolute atomic E-state index is 4.95. The van der Waals surface area contributed by atoms with Crippen molar-refractivity contribution in [3.63, 3.8) is 0 Å². The molecule has 0 aliphatic carbocycles. The van der Waals surface area contributed by atoms with Gasteiger partial charge in [0, 0.05) is 48.5 Å². The standard InChI is InChI=1S/C26H21N7/c1-33(2)17-12-16(14-27-15-17)20-9-10-23-25(30-20)26(32-31-23)24-13-19-18(6-5-8-22(19)29-24)21-7-3-4-11-28-21/h3-15,29H,1-2H3,(H,31,32). The van der Waals surface area contributed by atoms with Gasteiger partial charge in [0.1, 0.15) is 11.2 Å². The third-order valence-electron chi connectivity index (χ3n) is 5.80. The Kier molecular flexibility index (Phi) is 4.40. The van der Waals surface area contributed by atoms with E-state index >= 15 is 0 Å². The molecule has 0 saturated heterocycles. The fourth-order valence-corrected chi connectivity index (χ4v) is 4.09. The summed E-state index contributed by atoms with van der Waals surface area (Å²) in [6.45, 7) is 0. The number of rotatable bonds is 4. The third kappa shape index (κ3) is 3.30. The van der Waals surface area contributed by atoms with E-state index < -0.39 is 0 Å². The summed E-state index contributed by atoms with van der Waals surface area (Å²) in [5.41, 5.74) is 9.28. The summed E-state index contributed by atoms with van der Waals surface area (Å²) in [4.78, 5) is 19.4. The van der Waals surface area contributed by atoms with E-state index in [4.69, 9.17) is 4.98 Å². The monoisotopic (exact) mass is 431 g/mol. The lowest BCUT2D eigenvalue weighted by atomic mass is 10.1. The molecule has 2 N–H and O–H groups in total. The SMILES string of the molecule is CN(C)c1cncc(-c2ccc3[nH]nc(-c4cc5c(-c6ccccn6)cccc5[nH]4)c3n2)c1. The molecule has 5 heterocycles. The third-order valence-corrected chi connectivity index (χ3v) is 5.80. The van der Waals surface area contributed by atoms with E-state index in [0.29, 0.717) is 0 Å². The highest BCUT2D eigenvalue weighted by Gasteiger charge is 2.16. The zero-order valence-corrected chi connectivity index (χ0v) is 18.2. The molecular formula is C26H21N7. The van der Waals surface area contributed by atoms with Crippen molar-refractivity contribution in [2.24, 2.45) is 0 Å². The number of fused-ring (bicyclic) bond motifs is 2. The Balaban J connectivity index is 1.48. The first kappa shape index (κ1) is 19.2. The Morgan fingerprint density at radius 1 is 0.848 bits per heavy atom. The van der Waals surface area contributed by atoms with E-state index in [9.17, 15) is 0 Å². The Labute approximate surface area is 190 Å². The van der Waals surface area contributed by atoms with Crippen LogP contribution < -0.4 is 4.90 Å². The topological polar surface area (TPSA) is 86.4 Å². The van der Waals surface area contributed by atoms with Crippen molar-refractivity contribution >= 4 is 27.6 Å². The van der Waals surface area contributed by atoms with Gasteiger partial charge in [0.25, 0.3) is 0 Å². The van der Waals surface area contributed by atoms with E-state index in [1.807, 2.05) is 74.0 Å². The second kappa shape index (κ2) is 7.56. The molecule has 160 valence electrons. The van der Waals surface area contributed by atoms with Crippen LogP contribution in [-0.4, -0.2) is 44.2 Å². The summed E-state index contributed by atoms with van der Waals surface area (Å²) in [6.07, 6.45) is 5.49. The minimum atomic E-state index is 0.784. The van der Waals surface area contributed by atoms with Gasteiger partial charge in [-0.1, -0.05) is 18.2 Å². The van der Waals surface area contributed by atoms with Gasteiger partial charge in [-0.3, -0.25) is 15.1 Å². The first-order valence-corrected chi connectivity index (χ1v) is 10.7. The number of anilines is 1. The summed E-state index contributed by atoms with van der Waals surface area (Å²) in [5.74, 6) is 0. The van der Waals surface area contributed by atoms with Gasteiger partial charge >= 0.3 is 0 Å². The van der Waals surface area contributed by atoms with Crippen LogP contribution in [-0.2, 0) is 0 Å². The summed E-state index contributed by atoms with van der Waals surface area (Å²) in [7, 11) is 4.00. The first-order valence-electron chi connectivity index (χ1n) is 10.7. The smallest absolute Gasteiger partial charge is 0.135 e. The lowest BCUT2D eigenvalue weighted by molar-refractivity contribution is 1.11. The Hall–Kier alpha value is -4.52. The number of aromatic amines is 2. The molecular weight excluding hydrogens is 410 g/mol. The molecule has 1 aromatic carbocycles. The molecule has 0 radical (unpaired) electrons. The van der Waals surface area contributed by atoms with Crippen molar-refractivity contribution in [1.82, 2.24) is 30.1 Å². The molecule has 0 aliphatic heterocycles. The molecule has 6 rings (SSSR count). The molecule has 0 saturated carbocycles. The number of pyridine rings is 3. The van der Waals surface area contributed by atoms with Gasteiger partial charge in [0.05, 0.1) is 34.5 Å². The number of nitrogens with zero attached hydrogens (tertiary/aromatic N) is 5. The highest BCUT2D eigenvalue weighted by atomic mass is 15.1. The molecule has 0 atom stereocenters. The average Bonchev–Trinajstić information content (AvgIpc) is 3.48. The number of hydrogen-bond acceptors (Lipinski definition) is 5. The molecule has 7 nitrogen and oxygen atoms in total. The minimum absolute atomic E-state index is 0.784. The number of H-pyrrole nitrogens is 2. The van der Waals surface area contributed by atoms with Crippen LogP contribution in [0.25, 0.3) is 55.8 Å². The van der Waals surface area contributed by atoms with Gasteiger partial charge in [-0.25, -0.2) is 4.98 Å². The molecule has 0 unspecified atom stereocenters. The van der Waals surface area contributed by atoms with E-state index in [0.717, 1.165) is 61.5 Å². The van der Waals surface area contributed by atoms with Crippen LogP contribution >= 0.6 is 0 Å². The van der Waals surface area contributed by atoms with Gasteiger partial charge in [0.2, 0.25) is 0 Å². The Bertz CT molecular complexity index is 1600. The van der Waals surface area contributed by atoms with Crippen LogP contribution in [0.1, 0.15) is 0 Å². The van der Waals surface area contributed by atoms with Gasteiger partial charge < -0.3 is 9.88 Å². The molecule has 0 amide bonds. The molecule has 0 spiro atoms. The largest absolute Gasteiger partial charge is 0.376 e. The number of nitrogens with one attached hydrogen (secondary N) is 2. The predicted molar refractivity (Wildman–Crippen MR) is 132 cm³/mol. The minimum Gasteiger partial charge on any atom is -0.376 e. The lowest BCUT2D eigenvalue weighted by Gasteiger charge is -2.12. The highest BCUT2D eigenvalue weighted by molar-refractivity contribution is 6.00. The molecule has 7 heteroatoms. The van der Waals surface area contributed by atoms with Crippen LogP contribution in [0.4, 0.5) is 5.69 Å². The van der Waals surface area contributed by atoms with Gasteiger partial charge in [-0.2, -0.15) is 5.10 Å². The zero-order valence-electron chi connectivity index (χ0n) is 18.2. The van der Waals surface area contributed by atoms with Crippen LogP contribution in [0.2, 0.25) is 0 Å². The van der Waals surface area contributed by atoms with Crippen LogP contribution in [0.5, 0.6) is 0 Å². The van der Waals surface area contributed by atoms with E-state index in [-0.39, 0.29) is 0 Å². The van der Waals surface area contributed by atoms with Crippen molar-refractivity contribution in [2.45, 2.75) is 0 Å². The molecule has 0 aliphatic rings. The molecule has 0 fully saturated rings. The van der Waals surface area contributed by atoms with Crippen molar-refractivity contribution in [2.75, 3.05) is 19.0 Å². The number of benzene rings is 1. The molecule has 0 bridgehead atoms. The summed E-state index contributed by atoms with van der Waals surface area (Å²) < 4.78 is 0. The van der Waals surface area contributed by atoms with Gasteiger partial charge in [0.15, 0.2) is 0 Å². The molecule has 6 aromatic rings. The lowest BCUT2D eigenvalue weighted by Crippen LogP contribution is -2.08. The van der Waals surface area contributed by atoms with Crippen LogP contribution in [0.15, 0.2) is 79.3 Å². The first-order chi connectivity index (χ1) is 16.2. The second-order valence-corrected chi connectivity index (χ2v) is 8.16. The van der Waals surface area contributed by atoms with E-state index in [1.165, 1.54) is 0 Å². The van der Waals surface area contributed by atoms with Crippen molar-refractivity contribution < 1.29 is 0 Å². The summed E-state index contributed by atoms with van der Waals surface area (Å²) in [6, 6.07) is 20.4. The Morgan fingerprint density at radius 2 is 1.79 bits per heavy atom. The summed E-state index contributed by atoms with van der Waals surface area (Å²) in [5, 5.41) is 8.80. The van der Waals surface area contributed by atoms with Gasteiger partial charge in [-0.05, 0) is 42.5 Å². The summed E-state index contributed by atoms with van der Waals surface area (Å²) >= 11 is 0. The Morgan fingerprint density at radius 3 is 2.64 bits per heavy atom. The van der Waals surface area contributed by atoms with Gasteiger partial charge in [-0.15, -0.1) is 0 Å². The van der Waals surface area contributed by atoms with E-state index in [1.54, 1.807) is 0 Å². The van der Waals surface area contributed by atoms with Crippen LogP contribution in [0, 0.1) is 0 Å². The molecule has 5 aromatic heterocycles. The van der Waals surface area contributed by atoms with Crippen molar-refractivity contribution in [3.05, 3.63) is 79.3 Å². The predicted octanol–water partition coefficient (Wildman–Crippen LogP) is 5.30. The molecule has 33 heavy (non-hydrogen) atoms. The number of hydrogen-bond donors (Lipinski definition) is 2. The second-order valence-electron chi connectivity index (χ2n) is 8.16. The van der Waals surface area contributed by atoms with Crippen molar-refractivity contribution in [1.29, 1.82) is 0 Å². The normalized spacial score (nSPS) is 11.3.